The monoisotopic (exact) mass is 209 g/mol. The Balaban J connectivity index is 3.23. The van der Waals surface area contributed by atoms with E-state index < -0.39 is 14.0 Å². The van der Waals surface area contributed by atoms with Crippen LogP contribution in [0.5, 0.6) is 0 Å². The van der Waals surface area contributed by atoms with E-state index in [2.05, 4.69) is 25.9 Å². The third-order valence-corrected chi connectivity index (χ3v) is 1.25. The number of anilines is 1. The van der Waals surface area contributed by atoms with E-state index in [1.807, 2.05) is 0 Å². The molecule has 3 nitrogen and oxygen atoms in total. The number of aromatic nitrogens is 2. The van der Waals surface area contributed by atoms with Gasteiger partial charge >= 0.3 is 0 Å². The van der Waals surface area contributed by atoms with Gasteiger partial charge in [0.15, 0.2) is 0 Å². The molecule has 1 heterocycles. The lowest BCUT2D eigenvalue weighted by Gasteiger charge is -2.08. The van der Waals surface area contributed by atoms with Gasteiger partial charge in [0.2, 0.25) is 5.95 Å². The van der Waals surface area contributed by atoms with Crippen LogP contribution in [0, 0.1) is 0 Å². The van der Waals surface area contributed by atoms with Gasteiger partial charge < -0.3 is 4.90 Å². The van der Waals surface area contributed by atoms with Crippen LogP contribution in [0.2, 0.25) is 0 Å². The molecule has 1 aromatic heterocycles. The number of rotatable bonds is 1. The third kappa shape index (κ3) is 1.67. The first kappa shape index (κ1) is 2.77. The van der Waals surface area contributed by atoms with E-state index in [0.717, 1.165) is 0 Å². The SMILES string of the molecule is [2H][13C]([2H])([2H])N(c1nccc(Br)n1)[13C]([2H])([2H])[2H]. The van der Waals surface area contributed by atoms with Crippen molar-refractivity contribution in [1.29, 1.82) is 0 Å². The fourth-order valence-corrected chi connectivity index (χ4v) is 0.712. The number of hydrogen-bond acceptors (Lipinski definition) is 3. The highest BCUT2D eigenvalue weighted by molar-refractivity contribution is 9.10. The Morgan fingerprint density at radius 3 is 3.10 bits per heavy atom. The summed E-state index contributed by atoms with van der Waals surface area (Å²) in [6.07, 6.45) is 1.27. The van der Waals surface area contributed by atoms with Gasteiger partial charge in [-0.3, -0.25) is 0 Å². The van der Waals surface area contributed by atoms with Crippen LogP contribution in [0.1, 0.15) is 8.22 Å². The molecule has 0 aliphatic carbocycles. The first-order valence-corrected chi connectivity index (χ1v) is 3.20. The summed E-state index contributed by atoms with van der Waals surface area (Å²) < 4.78 is 43.3. The van der Waals surface area contributed by atoms with Crippen LogP contribution in [0.3, 0.4) is 0 Å². The van der Waals surface area contributed by atoms with Crippen molar-refractivity contribution in [3.8, 4) is 0 Å². The number of halogens is 1. The maximum absolute atomic E-state index is 7.16. The molecule has 0 fully saturated rings. The molecule has 0 bridgehead atoms. The highest BCUT2D eigenvalue weighted by Crippen LogP contribution is 2.07. The predicted octanol–water partition coefficient (Wildman–Crippen LogP) is 1.31. The number of hydrogen-bond donors (Lipinski definition) is 0. The summed E-state index contributed by atoms with van der Waals surface area (Å²) in [4.78, 5) is 7.58. The summed E-state index contributed by atoms with van der Waals surface area (Å²) in [7, 11) is 0. The van der Waals surface area contributed by atoms with Gasteiger partial charge in [0.25, 0.3) is 0 Å². The predicted molar refractivity (Wildman–Crippen MR) is 44.1 cm³/mol. The summed E-state index contributed by atoms with van der Waals surface area (Å²) in [6, 6.07) is 1.47. The lowest BCUT2D eigenvalue weighted by Crippen LogP contribution is -2.12. The molecule has 0 radical (unpaired) electrons. The van der Waals surface area contributed by atoms with Crippen molar-refractivity contribution < 1.29 is 8.22 Å². The Morgan fingerprint density at radius 1 is 1.70 bits per heavy atom. The number of nitrogens with zero attached hydrogens (tertiary/aromatic N) is 3. The molecule has 0 spiro atoms. The Labute approximate surface area is 76.7 Å². The zero-order chi connectivity index (χ0) is 12.6. The average molecular weight is 210 g/mol. The summed E-state index contributed by atoms with van der Waals surface area (Å²) in [5.74, 6) is -0.366. The van der Waals surface area contributed by atoms with E-state index in [1.165, 1.54) is 12.3 Å². The molecule has 0 aromatic carbocycles. The molecule has 54 valence electrons. The van der Waals surface area contributed by atoms with Crippen molar-refractivity contribution in [2.75, 3.05) is 18.9 Å². The summed E-state index contributed by atoms with van der Waals surface area (Å²) in [5, 5.41) is 0. The lowest BCUT2D eigenvalue weighted by atomic mass is 10.7. The second kappa shape index (κ2) is 2.96. The van der Waals surface area contributed by atoms with E-state index in [0.29, 0.717) is 4.60 Å². The van der Waals surface area contributed by atoms with Gasteiger partial charge in [-0.15, -0.1) is 0 Å². The highest BCUT2D eigenvalue weighted by atomic mass is 79.9. The molecular formula is C6H8BrN3. The zero-order valence-electron chi connectivity index (χ0n) is 10.9. The Morgan fingerprint density at radius 2 is 2.50 bits per heavy atom. The first-order chi connectivity index (χ1) is 7.12. The Bertz CT molecular complexity index is 361. The van der Waals surface area contributed by atoms with E-state index in [9.17, 15) is 0 Å². The van der Waals surface area contributed by atoms with Crippen molar-refractivity contribution in [2.45, 2.75) is 0 Å². The smallest absolute Gasteiger partial charge is 0.225 e. The van der Waals surface area contributed by atoms with Crippen LogP contribution in [0.4, 0.5) is 5.95 Å². The van der Waals surface area contributed by atoms with Crippen LogP contribution in [-0.2, 0) is 0 Å². The van der Waals surface area contributed by atoms with Gasteiger partial charge in [0, 0.05) is 28.4 Å². The van der Waals surface area contributed by atoms with Crippen LogP contribution in [0.25, 0.3) is 0 Å². The standard InChI is InChI=1S/C6H8BrN3/c1-10(2)6-8-4-3-5(7)9-6/h3-4H,1-2H3/i1+1D3,2+1D3. The average Bonchev–Trinajstić information content (AvgIpc) is 1.97. The molecule has 0 amide bonds. The van der Waals surface area contributed by atoms with Gasteiger partial charge in [-0.25, -0.2) is 9.97 Å². The van der Waals surface area contributed by atoms with Gasteiger partial charge in [0.1, 0.15) is 4.60 Å². The second-order valence-electron chi connectivity index (χ2n) is 1.51. The van der Waals surface area contributed by atoms with Crippen molar-refractivity contribution in [1.82, 2.24) is 9.97 Å². The summed E-state index contributed by atoms with van der Waals surface area (Å²) in [5.41, 5.74) is 0. The third-order valence-electron chi connectivity index (χ3n) is 0.809. The van der Waals surface area contributed by atoms with Crippen molar-refractivity contribution >= 4 is 21.9 Å². The molecule has 0 aliphatic heterocycles. The van der Waals surface area contributed by atoms with Crippen LogP contribution in [0.15, 0.2) is 16.9 Å². The Kier molecular flexibility index (Phi) is 0.822. The van der Waals surface area contributed by atoms with E-state index in [1.54, 1.807) is 0 Å². The highest BCUT2D eigenvalue weighted by Gasteiger charge is 1.96. The Hall–Kier alpha value is -0.640. The van der Waals surface area contributed by atoms with Crippen molar-refractivity contribution in [3.05, 3.63) is 16.9 Å². The van der Waals surface area contributed by atoms with Gasteiger partial charge in [0.05, 0.1) is 0 Å². The molecule has 0 saturated carbocycles. The second-order valence-corrected chi connectivity index (χ2v) is 2.33. The minimum absolute atomic E-state index is 0.227. The van der Waals surface area contributed by atoms with Crippen LogP contribution < -0.4 is 4.90 Å². The molecule has 1 aromatic rings. The molecule has 0 saturated heterocycles. The molecule has 1 rings (SSSR count). The van der Waals surface area contributed by atoms with Gasteiger partial charge in [-0.1, -0.05) is 0 Å². The van der Waals surface area contributed by atoms with Crippen molar-refractivity contribution in [3.63, 3.8) is 0 Å². The minimum atomic E-state index is -2.83. The molecule has 0 unspecified atom stereocenters. The molecule has 10 heavy (non-hydrogen) atoms. The first-order valence-electron chi connectivity index (χ1n) is 5.41. The summed E-state index contributed by atoms with van der Waals surface area (Å²) in [6.45, 7) is -5.65. The molecule has 0 N–H and O–H groups in total. The lowest BCUT2D eigenvalue weighted by molar-refractivity contribution is 0.988. The quantitative estimate of drug-likeness (QED) is 0.516. The van der Waals surface area contributed by atoms with Crippen molar-refractivity contribution in [2.24, 2.45) is 0 Å². The van der Waals surface area contributed by atoms with Gasteiger partial charge in [-0.2, -0.15) is 0 Å². The van der Waals surface area contributed by atoms with Crippen LogP contribution >= 0.6 is 15.9 Å². The molecule has 0 aliphatic rings. The largest absolute Gasteiger partial charge is 0.347 e. The van der Waals surface area contributed by atoms with Gasteiger partial charge in [-0.05, 0) is 22.0 Å². The fraction of sp³-hybridized carbons (Fsp3) is 0.333. The van der Waals surface area contributed by atoms with E-state index in [-0.39, 0.29) is 10.8 Å². The minimum Gasteiger partial charge on any atom is -0.347 e. The normalized spacial score (nSPS) is 20.9. The molecule has 0 atom stereocenters. The zero-order valence-corrected chi connectivity index (χ0v) is 6.46. The summed E-state index contributed by atoms with van der Waals surface area (Å²) >= 11 is 3.02. The van der Waals surface area contributed by atoms with E-state index >= 15 is 0 Å². The molecular weight excluding hydrogens is 196 g/mol. The van der Waals surface area contributed by atoms with E-state index in [4.69, 9.17) is 8.22 Å². The molecule has 4 heteroatoms. The maximum atomic E-state index is 7.16. The van der Waals surface area contributed by atoms with Crippen LogP contribution in [-0.4, -0.2) is 23.9 Å². The topological polar surface area (TPSA) is 29.0 Å². The fourth-order valence-electron chi connectivity index (χ4n) is 0.435. The maximum Gasteiger partial charge on any atom is 0.225 e.